The van der Waals surface area contributed by atoms with Crippen molar-refractivity contribution in [1.29, 1.82) is 0 Å². The van der Waals surface area contributed by atoms with E-state index in [1.165, 1.54) is 0 Å². The molecular weight excluding hydrogens is 202 g/mol. The van der Waals surface area contributed by atoms with E-state index in [0.29, 0.717) is 5.75 Å². The molecule has 0 aliphatic rings. The molecule has 1 unspecified atom stereocenters. The maximum atomic E-state index is 11.0. The molecular formula is C5H10ClN3O2S. The number of amides is 2. The number of nitrogens with zero attached hydrogens (tertiary/aromatic N) is 2. The van der Waals surface area contributed by atoms with Crippen LogP contribution in [0.25, 0.3) is 0 Å². The molecule has 0 fully saturated rings. The van der Waals surface area contributed by atoms with Crippen LogP contribution in [0.1, 0.15) is 6.92 Å². The summed E-state index contributed by atoms with van der Waals surface area (Å²) in [5.41, 5.74) is -0.526. The van der Waals surface area contributed by atoms with Crippen LogP contribution in [0.2, 0.25) is 0 Å². The summed E-state index contributed by atoms with van der Waals surface area (Å²) < 4.78 is 0. The fourth-order valence-electron chi connectivity index (χ4n) is 0.519. The number of hydrogen-bond acceptors (Lipinski definition) is 4. The number of carbonyl (C=O) groups is 1. The first-order valence-corrected chi connectivity index (χ1v) is 4.35. The zero-order valence-corrected chi connectivity index (χ0v) is 8.18. The monoisotopic (exact) mass is 211 g/mol. The number of nitroso groups, excluding NO2 is 1. The number of alkyl halides is 1. The smallest absolute Gasteiger partial charge is 0.320 e. The van der Waals surface area contributed by atoms with Gasteiger partial charge in [-0.1, -0.05) is 11.6 Å². The van der Waals surface area contributed by atoms with Gasteiger partial charge in [0, 0.05) is 5.75 Å². The molecule has 0 aliphatic carbocycles. The standard InChI is InChI=1S/C5H10ClN3O2S/c1-4(6)7-5(10)9(8-11)2-3-12/h4,12H,2-3H2,1H3,(H,7,10). The Labute approximate surface area is 80.8 Å². The lowest BCUT2D eigenvalue weighted by Crippen LogP contribution is -2.39. The fourth-order valence-corrected chi connectivity index (χ4v) is 0.802. The Morgan fingerprint density at radius 3 is 2.75 bits per heavy atom. The first-order valence-electron chi connectivity index (χ1n) is 3.28. The summed E-state index contributed by atoms with van der Waals surface area (Å²) in [4.78, 5) is 21.0. The molecule has 0 saturated heterocycles. The van der Waals surface area contributed by atoms with E-state index in [-0.39, 0.29) is 6.54 Å². The second-order valence-corrected chi connectivity index (χ2v) is 3.10. The van der Waals surface area contributed by atoms with Crippen LogP contribution in [0.4, 0.5) is 4.79 Å². The maximum Gasteiger partial charge on any atom is 0.341 e. The molecule has 0 bridgehead atoms. The lowest BCUT2D eigenvalue weighted by Gasteiger charge is -2.13. The van der Waals surface area contributed by atoms with Crippen LogP contribution in [0, 0.1) is 4.91 Å². The third-order valence-corrected chi connectivity index (χ3v) is 1.28. The highest BCUT2D eigenvalue weighted by atomic mass is 35.5. The van der Waals surface area contributed by atoms with E-state index in [0.717, 1.165) is 5.01 Å². The minimum absolute atomic E-state index is 0.169. The Morgan fingerprint density at radius 2 is 2.42 bits per heavy atom. The number of urea groups is 1. The number of rotatable bonds is 4. The molecule has 0 saturated carbocycles. The lowest BCUT2D eigenvalue weighted by molar-refractivity contribution is 0.202. The molecule has 12 heavy (non-hydrogen) atoms. The van der Waals surface area contributed by atoms with Crippen LogP contribution in [0.15, 0.2) is 5.29 Å². The Morgan fingerprint density at radius 1 is 1.83 bits per heavy atom. The van der Waals surface area contributed by atoms with Crippen molar-refractivity contribution in [3.8, 4) is 0 Å². The van der Waals surface area contributed by atoms with Gasteiger partial charge >= 0.3 is 6.03 Å². The molecule has 0 aromatic carbocycles. The summed E-state index contributed by atoms with van der Waals surface area (Å²) in [6, 6.07) is -0.610. The highest BCUT2D eigenvalue weighted by molar-refractivity contribution is 7.80. The Bertz CT molecular complexity index is 167. The van der Waals surface area contributed by atoms with Crippen molar-refractivity contribution in [2.75, 3.05) is 12.3 Å². The van der Waals surface area contributed by atoms with Crippen LogP contribution >= 0.6 is 24.2 Å². The van der Waals surface area contributed by atoms with E-state index in [1.54, 1.807) is 6.92 Å². The SMILES string of the molecule is CC(Cl)NC(=O)N(CCS)N=O. The molecule has 2 amide bonds. The summed E-state index contributed by atoms with van der Waals surface area (Å²) >= 11 is 9.30. The molecule has 1 atom stereocenters. The number of thiol groups is 1. The number of nitrogens with one attached hydrogen (secondary N) is 1. The molecule has 0 heterocycles. The summed E-state index contributed by atoms with van der Waals surface area (Å²) in [5.74, 6) is 0.371. The summed E-state index contributed by atoms with van der Waals surface area (Å²) in [5, 5.41) is 5.53. The number of carbonyl (C=O) groups excluding carboxylic acids is 1. The molecule has 0 radical (unpaired) electrons. The van der Waals surface area contributed by atoms with Gasteiger partial charge in [0.1, 0.15) is 5.50 Å². The third-order valence-electron chi connectivity index (χ3n) is 0.967. The van der Waals surface area contributed by atoms with Gasteiger partial charge in [-0.05, 0) is 6.92 Å². The molecule has 0 rings (SSSR count). The van der Waals surface area contributed by atoms with Gasteiger partial charge in [0.15, 0.2) is 0 Å². The van der Waals surface area contributed by atoms with Crippen LogP contribution < -0.4 is 5.32 Å². The molecule has 0 aromatic heterocycles. The van der Waals surface area contributed by atoms with Crippen LogP contribution in [0.3, 0.4) is 0 Å². The number of hydrogen-bond donors (Lipinski definition) is 2. The van der Waals surface area contributed by atoms with Gasteiger partial charge in [-0.25, -0.2) is 4.79 Å². The topological polar surface area (TPSA) is 61.8 Å². The van der Waals surface area contributed by atoms with Crippen LogP contribution in [-0.4, -0.2) is 28.8 Å². The van der Waals surface area contributed by atoms with Crippen LogP contribution in [0.5, 0.6) is 0 Å². The van der Waals surface area contributed by atoms with Crippen molar-refractivity contribution in [2.24, 2.45) is 5.29 Å². The minimum atomic E-state index is -0.610. The van der Waals surface area contributed by atoms with E-state index in [2.05, 4.69) is 23.2 Å². The minimum Gasteiger partial charge on any atom is -0.320 e. The molecule has 0 aliphatic heterocycles. The highest BCUT2D eigenvalue weighted by Crippen LogP contribution is 1.95. The summed E-state index contributed by atoms with van der Waals surface area (Å²) in [6.07, 6.45) is 0. The van der Waals surface area contributed by atoms with Gasteiger partial charge in [0.25, 0.3) is 0 Å². The van der Waals surface area contributed by atoms with E-state index in [1.807, 2.05) is 0 Å². The quantitative estimate of drug-likeness (QED) is 0.241. The summed E-state index contributed by atoms with van der Waals surface area (Å²) in [6.45, 7) is 1.74. The lowest BCUT2D eigenvalue weighted by atomic mass is 10.6. The van der Waals surface area contributed by atoms with E-state index in [4.69, 9.17) is 11.6 Å². The molecule has 5 nitrogen and oxygen atoms in total. The Kier molecular flexibility index (Phi) is 5.83. The Balaban J connectivity index is 3.93. The predicted octanol–water partition coefficient (Wildman–Crippen LogP) is 1.19. The van der Waals surface area contributed by atoms with Crippen LogP contribution in [-0.2, 0) is 0 Å². The first-order chi connectivity index (χ1) is 5.61. The van der Waals surface area contributed by atoms with Crippen molar-refractivity contribution >= 4 is 30.3 Å². The van der Waals surface area contributed by atoms with Gasteiger partial charge in [0.05, 0.1) is 11.8 Å². The maximum absolute atomic E-state index is 11.0. The first kappa shape index (κ1) is 11.5. The van der Waals surface area contributed by atoms with Crippen molar-refractivity contribution in [3.05, 3.63) is 4.91 Å². The largest absolute Gasteiger partial charge is 0.341 e. The van der Waals surface area contributed by atoms with Crippen molar-refractivity contribution in [3.63, 3.8) is 0 Å². The van der Waals surface area contributed by atoms with Gasteiger partial charge in [-0.2, -0.15) is 17.6 Å². The van der Waals surface area contributed by atoms with Crippen molar-refractivity contribution < 1.29 is 4.79 Å². The van der Waals surface area contributed by atoms with Gasteiger partial charge in [-0.15, -0.1) is 4.91 Å². The van der Waals surface area contributed by atoms with E-state index in [9.17, 15) is 9.70 Å². The van der Waals surface area contributed by atoms with E-state index >= 15 is 0 Å². The molecule has 70 valence electrons. The van der Waals surface area contributed by atoms with E-state index < -0.39 is 11.5 Å². The normalized spacial score (nSPS) is 11.9. The fraction of sp³-hybridized carbons (Fsp3) is 0.800. The number of halogens is 1. The van der Waals surface area contributed by atoms with Gasteiger partial charge in [0.2, 0.25) is 0 Å². The summed E-state index contributed by atoms with van der Waals surface area (Å²) in [7, 11) is 0. The Hall–Kier alpha value is -0.490. The van der Waals surface area contributed by atoms with Gasteiger partial charge < -0.3 is 5.32 Å². The third kappa shape index (κ3) is 4.40. The highest BCUT2D eigenvalue weighted by Gasteiger charge is 2.13. The second kappa shape index (κ2) is 6.07. The zero-order valence-electron chi connectivity index (χ0n) is 6.53. The molecule has 0 spiro atoms. The van der Waals surface area contributed by atoms with Crippen molar-refractivity contribution in [1.82, 2.24) is 10.3 Å². The average Bonchev–Trinajstić information content (AvgIpc) is 1.98. The second-order valence-electron chi connectivity index (χ2n) is 1.99. The van der Waals surface area contributed by atoms with Gasteiger partial charge in [-0.3, -0.25) is 0 Å². The molecule has 1 N–H and O–H groups in total. The predicted molar refractivity (Wildman–Crippen MR) is 50.2 cm³/mol. The molecule has 0 aromatic rings. The average molecular weight is 212 g/mol. The van der Waals surface area contributed by atoms with Crippen molar-refractivity contribution in [2.45, 2.75) is 12.4 Å². The zero-order chi connectivity index (χ0) is 9.56. The molecule has 7 heteroatoms.